The summed E-state index contributed by atoms with van der Waals surface area (Å²) >= 11 is 0. The Morgan fingerprint density at radius 1 is 1.10 bits per heavy atom. The Kier molecular flexibility index (Phi) is 7.37. The summed E-state index contributed by atoms with van der Waals surface area (Å²) in [7, 11) is -1.72. The Balaban J connectivity index is 1.45. The number of amides is 1. The van der Waals surface area contributed by atoms with Gasteiger partial charge < -0.3 is 19.3 Å². The van der Waals surface area contributed by atoms with Crippen LogP contribution in [0, 0.1) is 0 Å². The number of hydrogen-bond donors (Lipinski definition) is 0. The molecule has 2 saturated heterocycles. The molecule has 0 saturated carbocycles. The van der Waals surface area contributed by atoms with Crippen LogP contribution in [0.3, 0.4) is 0 Å². The van der Waals surface area contributed by atoms with Gasteiger partial charge in [-0.15, -0.1) is 0 Å². The molecule has 1 aromatic rings. The van der Waals surface area contributed by atoms with Crippen LogP contribution in [0.5, 0.6) is 11.5 Å². The number of rotatable bonds is 9. The lowest BCUT2D eigenvalue weighted by Crippen LogP contribution is -2.63. The number of carbonyl (C=O) groups is 1. The third-order valence-corrected chi connectivity index (χ3v) is 6.89. The van der Waals surface area contributed by atoms with E-state index >= 15 is 0 Å². The van der Waals surface area contributed by atoms with Crippen LogP contribution in [0.25, 0.3) is 0 Å². The van der Waals surface area contributed by atoms with E-state index in [1.54, 1.807) is 40.6 Å². The van der Waals surface area contributed by atoms with Gasteiger partial charge in [0, 0.05) is 26.2 Å². The smallest absolute Gasteiger partial charge is 0.260 e. The van der Waals surface area contributed by atoms with Gasteiger partial charge in [-0.3, -0.25) is 4.79 Å². The minimum absolute atomic E-state index is 0.0638. The molecule has 1 aromatic carbocycles. The van der Waals surface area contributed by atoms with Gasteiger partial charge in [-0.05, 0) is 50.2 Å². The highest BCUT2D eigenvalue weighted by Crippen LogP contribution is 2.20. The minimum atomic E-state index is -3.31. The van der Waals surface area contributed by atoms with Gasteiger partial charge in [0.05, 0.1) is 19.4 Å². The van der Waals surface area contributed by atoms with Crippen LogP contribution in [0.1, 0.15) is 19.3 Å². The first kappa shape index (κ1) is 21.9. The van der Waals surface area contributed by atoms with Gasteiger partial charge in [0.25, 0.3) is 5.91 Å². The van der Waals surface area contributed by atoms with Crippen LogP contribution >= 0.6 is 0 Å². The highest BCUT2D eigenvalue weighted by atomic mass is 32.2. The summed E-state index contributed by atoms with van der Waals surface area (Å²) in [5.74, 6) is 1.18. The van der Waals surface area contributed by atoms with E-state index in [-0.39, 0.29) is 18.6 Å². The van der Waals surface area contributed by atoms with Gasteiger partial charge in [-0.1, -0.05) is 6.42 Å². The molecule has 0 aromatic heterocycles. The fourth-order valence-electron chi connectivity index (χ4n) is 3.79. The van der Waals surface area contributed by atoms with Gasteiger partial charge in [0.2, 0.25) is 10.0 Å². The second-order valence-electron chi connectivity index (χ2n) is 7.69. The zero-order valence-corrected chi connectivity index (χ0v) is 18.1. The number of benzene rings is 1. The summed E-state index contributed by atoms with van der Waals surface area (Å²) in [5, 5.41) is 0. The summed E-state index contributed by atoms with van der Waals surface area (Å²) < 4.78 is 36.7. The Morgan fingerprint density at radius 3 is 2.31 bits per heavy atom. The number of sulfonamides is 1. The highest BCUT2D eigenvalue weighted by Gasteiger charge is 2.38. The molecule has 0 aliphatic carbocycles. The van der Waals surface area contributed by atoms with Crippen molar-refractivity contribution in [2.24, 2.45) is 0 Å². The predicted octanol–water partition coefficient (Wildman–Crippen LogP) is 1.03. The standard InChI is InChI=1S/C20H31N3O5S/c1-27-18-6-8-19(9-7-18)28-16-20(24)22-14-17(15-22)23(29(2,25)26)13-12-21-10-4-3-5-11-21/h6-9,17H,3-5,10-16H2,1-2H3. The lowest BCUT2D eigenvalue weighted by Gasteiger charge is -2.44. The first-order valence-corrected chi connectivity index (χ1v) is 12.0. The van der Waals surface area contributed by atoms with E-state index in [2.05, 4.69) is 4.90 Å². The first-order valence-electron chi connectivity index (χ1n) is 10.1. The maximum absolute atomic E-state index is 12.3. The topological polar surface area (TPSA) is 79.4 Å². The van der Waals surface area contributed by atoms with Crippen molar-refractivity contribution < 1.29 is 22.7 Å². The lowest BCUT2D eigenvalue weighted by molar-refractivity contribution is -0.139. The Labute approximate surface area is 173 Å². The minimum Gasteiger partial charge on any atom is -0.497 e. The van der Waals surface area contributed by atoms with E-state index in [0.29, 0.717) is 25.4 Å². The van der Waals surface area contributed by atoms with Crippen molar-refractivity contribution in [2.75, 3.05) is 59.2 Å². The van der Waals surface area contributed by atoms with E-state index in [4.69, 9.17) is 9.47 Å². The van der Waals surface area contributed by atoms with Crippen LogP contribution in [-0.4, -0.2) is 93.7 Å². The molecule has 0 atom stereocenters. The molecule has 3 rings (SSSR count). The maximum atomic E-state index is 12.3. The quantitative estimate of drug-likeness (QED) is 0.588. The molecule has 0 bridgehead atoms. The summed E-state index contributed by atoms with van der Waals surface area (Å²) in [6.45, 7) is 4.07. The van der Waals surface area contributed by atoms with Crippen molar-refractivity contribution in [3.63, 3.8) is 0 Å². The van der Waals surface area contributed by atoms with Gasteiger partial charge >= 0.3 is 0 Å². The third kappa shape index (κ3) is 6.07. The number of nitrogens with zero attached hydrogens (tertiary/aromatic N) is 3. The Hall–Kier alpha value is -1.84. The first-order chi connectivity index (χ1) is 13.9. The van der Waals surface area contributed by atoms with Crippen molar-refractivity contribution in [3.8, 4) is 11.5 Å². The van der Waals surface area contributed by atoms with Crippen LogP contribution in [-0.2, 0) is 14.8 Å². The third-order valence-electron chi connectivity index (χ3n) is 5.56. The number of piperidine rings is 1. The van der Waals surface area contributed by atoms with E-state index in [1.807, 2.05) is 0 Å². The second-order valence-corrected chi connectivity index (χ2v) is 9.63. The second kappa shape index (κ2) is 9.77. The predicted molar refractivity (Wildman–Crippen MR) is 111 cm³/mol. The molecule has 1 amide bonds. The molecule has 2 aliphatic rings. The molecule has 2 fully saturated rings. The van der Waals surface area contributed by atoms with Gasteiger partial charge in [-0.25, -0.2) is 8.42 Å². The molecular weight excluding hydrogens is 394 g/mol. The number of methoxy groups -OCH3 is 1. The molecule has 0 unspecified atom stereocenters. The average molecular weight is 426 g/mol. The molecule has 8 nitrogen and oxygen atoms in total. The van der Waals surface area contributed by atoms with E-state index in [0.717, 1.165) is 25.4 Å². The molecule has 9 heteroatoms. The molecule has 2 aliphatic heterocycles. The Morgan fingerprint density at radius 2 is 1.72 bits per heavy atom. The van der Waals surface area contributed by atoms with E-state index in [9.17, 15) is 13.2 Å². The van der Waals surface area contributed by atoms with Crippen LogP contribution in [0.4, 0.5) is 0 Å². The van der Waals surface area contributed by atoms with Gasteiger partial charge in [-0.2, -0.15) is 4.31 Å². The SMILES string of the molecule is COc1ccc(OCC(=O)N2CC(N(CCN3CCCCC3)S(C)(=O)=O)C2)cc1. The number of ether oxygens (including phenoxy) is 2. The monoisotopic (exact) mass is 425 g/mol. The molecule has 162 valence electrons. The largest absolute Gasteiger partial charge is 0.497 e. The number of likely N-dealkylation sites (tertiary alicyclic amines) is 2. The summed E-state index contributed by atoms with van der Waals surface area (Å²) in [6, 6.07) is 6.88. The highest BCUT2D eigenvalue weighted by molar-refractivity contribution is 7.88. The van der Waals surface area contributed by atoms with Crippen LogP contribution in [0.2, 0.25) is 0 Å². The van der Waals surface area contributed by atoms with Crippen molar-refractivity contribution in [3.05, 3.63) is 24.3 Å². The molecule has 0 spiro atoms. The van der Waals surface area contributed by atoms with Gasteiger partial charge in [0.1, 0.15) is 11.5 Å². The molecule has 29 heavy (non-hydrogen) atoms. The zero-order valence-electron chi connectivity index (χ0n) is 17.2. The van der Waals surface area contributed by atoms with Crippen molar-refractivity contribution in [2.45, 2.75) is 25.3 Å². The van der Waals surface area contributed by atoms with Crippen LogP contribution in [0.15, 0.2) is 24.3 Å². The Bertz CT molecular complexity index is 772. The normalized spacial score (nSPS) is 18.5. The van der Waals surface area contributed by atoms with Crippen molar-refractivity contribution in [1.29, 1.82) is 0 Å². The van der Waals surface area contributed by atoms with Gasteiger partial charge in [0.15, 0.2) is 6.61 Å². The summed E-state index contributed by atoms with van der Waals surface area (Å²) in [4.78, 5) is 16.3. The molecule has 2 heterocycles. The zero-order chi connectivity index (χ0) is 20.9. The molecule has 0 N–H and O–H groups in total. The number of hydrogen-bond acceptors (Lipinski definition) is 6. The summed E-state index contributed by atoms with van der Waals surface area (Å²) in [5.41, 5.74) is 0. The fraction of sp³-hybridized carbons (Fsp3) is 0.650. The number of carbonyl (C=O) groups excluding carboxylic acids is 1. The van der Waals surface area contributed by atoms with Crippen molar-refractivity contribution in [1.82, 2.24) is 14.1 Å². The van der Waals surface area contributed by atoms with Crippen LogP contribution < -0.4 is 9.47 Å². The van der Waals surface area contributed by atoms with E-state index in [1.165, 1.54) is 25.5 Å². The maximum Gasteiger partial charge on any atom is 0.260 e. The summed E-state index contributed by atoms with van der Waals surface area (Å²) in [6.07, 6.45) is 4.86. The fourth-order valence-corrected chi connectivity index (χ4v) is 4.88. The average Bonchev–Trinajstić information content (AvgIpc) is 2.68. The van der Waals surface area contributed by atoms with E-state index < -0.39 is 10.0 Å². The lowest BCUT2D eigenvalue weighted by atomic mass is 10.1. The molecular formula is C20H31N3O5S. The van der Waals surface area contributed by atoms with Crippen molar-refractivity contribution >= 4 is 15.9 Å². The molecule has 0 radical (unpaired) electrons.